The fourth-order valence-electron chi connectivity index (χ4n) is 4.93. The van der Waals surface area contributed by atoms with Crippen LogP contribution in [0.2, 0.25) is 0 Å². The van der Waals surface area contributed by atoms with Crippen molar-refractivity contribution >= 4 is 11.8 Å². The Hall–Kier alpha value is -2.87. The normalized spacial score (nSPS) is 18.7. The summed E-state index contributed by atoms with van der Waals surface area (Å²) in [5, 5.41) is 4.61. The summed E-state index contributed by atoms with van der Waals surface area (Å²) in [5.41, 5.74) is 3.67. The van der Waals surface area contributed by atoms with Gasteiger partial charge in [0.15, 0.2) is 0 Å². The van der Waals surface area contributed by atoms with Crippen LogP contribution in [-0.4, -0.2) is 70.8 Å². The van der Waals surface area contributed by atoms with Gasteiger partial charge in [0.2, 0.25) is 5.91 Å². The molecule has 4 rings (SSSR count). The lowest BCUT2D eigenvalue weighted by molar-refractivity contribution is -0.132. The molecule has 1 atom stereocenters. The van der Waals surface area contributed by atoms with Crippen LogP contribution in [0.1, 0.15) is 54.0 Å². The largest absolute Gasteiger partial charge is 0.497 e. The van der Waals surface area contributed by atoms with Gasteiger partial charge in [-0.2, -0.15) is 5.10 Å². The van der Waals surface area contributed by atoms with Crippen LogP contribution in [0.5, 0.6) is 5.75 Å². The van der Waals surface area contributed by atoms with E-state index in [-0.39, 0.29) is 24.5 Å². The molecule has 8 heteroatoms. The molecule has 34 heavy (non-hydrogen) atoms. The van der Waals surface area contributed by atoms with Gasteiger partial charge in [0, 0.05) is 32.2 Å². The summed E-state index contributed by atoms with van der Waals surface area (Å²) >= 11 is 0. The Kier molecular flexibility index (Phi) is 7.56. The summed E-state index contributed by atoms with van der Waals surface area (Å²) in [6.07, 6.45) is 3.64. The highest BCUT2D eigenvalue weighted by molar-refractivity contribution is 5.97. The van der Waals surface area contributed by atoms with Gasteiger partial charge in [-0.25, -0.2) is 0 Å². The summed E-state index contributed by atoms with van der Waals surface area (Å²) in [5.74, 6) is 0.934. The third kappa shape index (κ3) is 5.43. The van der Waals surface area contributed by atoms with Gasteiger partial charge >= 0.3 is 0 Å². The number of nitrogens with zero attached hydrogens (tertiary/aromatic N) is 4. The Labute approximate surface area is 201 Å². The van der Waals surface area contributed by atoms with Crippen LogP contribution in [0.4, 0.5) is 0 Å². The van der Waals surface area contributed by atoms with Crippen LogP contribution in [-0.2, 0) is 36.0 Å². The predicted octanol–water partition coefficient (Wildman–Crippen LogP) is 2.83. The number of fused-ring (bicyclic) bond motifs is 1. The van der Waals surface area contributed by atoms with Gasteiger partial charge in [0.1, 0.15) is 18.0 Å². The van der Waals surface area contributed by atoms with E-state index >= 15 is 0 Å². The number of carbonyl (C=O) groups is 2. The number of hydrogen-bond acceptors (Lipinski definition) is 5. The summed E-state index contributed by atoms with van der Waals surface area (Å²) in [7, 11) is 3.47. The summed E-state index contributed by atoms with van der Waals surface area (Å²) in [4.78, 5) is 30.4. The lowest BCUT2D eigenvalue weighted by Crippen LogP contribution is -2.41. The first kappa shape index (κ1) is 24.3. The number of aromatic nitrogens is 2. The van der Waals surface area contributed by atoms with Crippen molar-refractivity contribution in [3.05, 3.63) is 46.8 Å². The smallest absolute Gasteiger partial charge is 0.272 e. The zero-order chi connectivity index (χ0) is 24.2. The number of methoxy groups -OCH3 is 1. The van der Waals surface area contributed by atoms with Crippen molar-refractivity contribution in [1.29, 1.82) is 0 Å². The molecule has 1 aliphatic carbocycles. The second-order valence-electron chi connectivity index (χ2n) is 9.77. The monoisotopic (exact) mass is 468 g/mol. The van der Waals surface area contributed by atoms with Crippen molar-refractivity contribution < 1.29 is 19.1 Å². The molecule has 8 nitrogen and oxygen atoms in total. The zero-order valence-corrected chi connectivity index (χ0v) is 20.7. The number of aryl methyl sites for hydroxylation is 2. The van der Waals surface area contributed by atoms with E-state index in [1.54, 1.807) is 16.7 Å². The lowest BCUT2D eigenvalue weighted by atomic mass is 9.95. The van der Waals surface area contributed by atoms with E-state index in [1.807, 2.05) is 36.2 Å². The second-order valence-corrected chi connectivity index (χ2v) is 9.77. The minimum atomic E-state index is -0.288. The number of rotatable bonds is 7. The van der Waals surface area contributed by atoms with E-state index in [2.05, 4.69) is 18.9 Å². The molecule has 1 aliphatic heterocycles. The van der Waals surface area contributed by atoms with E-state index in [0.717, 1.165) is 48.3 Å². The fraction of sp³-hybridized carbons (Fsp3) is 0.577. The van der Waals surface area contributed by atoms with Crippen LogP contribution in [0, 0.1) is 5.92 Å². The maximum absolute atomic E-state index is 13.7. The van der Waals surface area contributed by atoms with Crippen LogP contribution in [0.15, 0.2) is 24.3 Å². The molecule has 1 aromatic carbocycles. The first-order valence-corrected chi connectivity index (χ1v) is 12.2. The number of hydrogen-bond donors (Lipinski definition) is 0. The average molecular weight is 469 g/mol. The molecule has 0 radical (unpaired) electrons. The highest BCUT2D eigenvalue weighted by atomic mass is 16.5. The lowest BCUT2D eigenvalue weighted by Gasteiger charge is -2.26. The van der Waals surface area contributed by atoms with Crippen LogP contribution in [0.3, 0.4) is 0 Å². The predicted molar refractivity (Wildman–Crippen MR) is 129 cm³/mol. The van der Waals surface area contributed by atoms with Crippen LogP contribution < -0.4 is 4.74 Å². The topological polar surface area (TPSA) is 76.9 Å². The molecule has 0 spiro atoms. The minimum absolute atomic E-state index is 0.0365. The molecular weight excluding hydrogens is 432 g/mol. The van der Waals surface area contributed by atoms with Gasteiger partial charge in [0.25, 0.3) is 5.91 Å². The Balaban J connectivity index is 1.55. The standard InChI is InChI=1S/C26H36N4O4/c1-18(2)13-29-14-21(34-17-19-8-7-9-20(12-19)33-4)15-30(16-24(29)31)26(32)25-22-10-5-6-11-23(22)27-28(25)3/h7-9,12,18,21H,5-6,10-11,13-17H2,1-4H3. The molecule has 2 aromatic rings. The molecule has 0 bridgehead atoms. The highest BCUT2D eigenvalue weighted by Gasteiger charge is 2.34. The molecule has 2 amide bonds. The Morgan fingerprint density at radius 3 is 2.76 bits per heavy atom. The quantitative estimate of drug-likeness (QED) is 0.625. The van der Waals surface area contributed by atoms with Gasteiger partial charge in [-0.15, -0.1) is 0 Å². The molecule has 184 valence electrons. The SMILES string of the molecule is COc1cccc(COC2CN(CC(C)C)C(=O)CN(C(=O)c3c4c(nn3C)CCCC4)C2)c1. The van der Waals surface area contributed by atoms with Gasteiger partial charge in [-0.3, -0.25) is 14.3 Å². The summed E-state index contributed by atoms with van der Waals surface area (Å²) < 4.78 is 13.3. The van der Waals surface area contributed by atoms with Crippen molar-refractivity contribution in [1.82, 2.24) is 19.6 Å². The molecular formula is C26H36N4O4. The second kappa shape index (κ2) is 10.6. The van der Waals surface area contributed by atoms with Gasteiger partial charge in [-0.1, -0.05) is 26.0 Å². The van der Waals surface area contributed by atoms with Gasteiger partial charge in [0.05, 0.1) is 25.5 Å². The van der Waals surface area contributed by atoms with Crippen molar-refractivity contribution in [2.45, 2.75) is 52.2 Å². The Morgan fingerprint density at radius 2 is 2.00 bits per heavy atom. The van der Waals surface area contributed by atoms with E-state index in [1.165, 1.54) is 0 Å². The van der Waals surface area contributed by atoms with Gasteiger partial charge in [-0.05, 0) is 49.3 Å². The molecule has 2 heterocycles. The Bertz CT molecular complexity index is 1030. The van der Waals surface area contributed by atoms with Crippen molar-refractivity contribution in [3.63, 3.8) is 0 Å². The molecule has 0 N–H and O–H groups in total. The molecule has 1 fully saturated rings. The van der Waals surface area contributed by atoms with Crippen LogP contribution in [0.25, 0.3) is 0 Å². The molecule has 1 aromatic heterocycles. The van der Waals surface area contributed by atoms with E-state index in [9.17, 15) is 9.59 Å². The van der Waals surface area contributed by atoms with Crippen molar-refractivity contribution in [3.8, 4) is 5.75 Å². The van der Waals surface area contributed by atoms with E-state index < -0.39 is 0 Å². The molecule has 0 saturated carbocycles. The minimum Gasteiger partial charge on any atom is -0.497 e. The first-order valence-electron chi connectivity index (χ1n) is 12.2. The average Bonchev–Trinajstić information content (AvgIpc) is 3.07. The molecule has 2 aliphatic rings. The van der Waals surface area contributed by atoms with E-state index in [4.69, 9.17) is 9.47 Å². The first-order chi connectivity index (χ1) is 16.4. The maximum Gasteiger partial charge on any atom is 0.272 e. The van der Waals surface area contributed by atoms with Gasteiger partial charge < -0.3 is 19.3 Å². The fourth-order valence-corrected chi connectivity index (χ4v) is 4.93. The summed E-state index contributed by atoms with van der Waals surface area (Å²) in [6.45, 7) is 6.10. The van der Waals surface area contributed by atoms with E-state index in [0.29, 0.717) is 37.9 Å². The highest BCUT2D eigenvalue weighted by Crippen LogP contribution is 2.25. The van der Waals surface area contributed by atoms with Crippen LogP contribution >= 0.6 is 0 Å². The zero-order valence-electron chi connectivity index (χ0n) is 20.7. The third-order valence-corrected chi connectivity index (χ3v) is 6.54. The van der Waals surface area contributed by atoms with Crippen molar-refractivity contribution in [2.24, 2.45) is 13.0 Å². The number of ether oxygens (including phenoxy) is 2. The number of amides is 2. The molecule has 1 saturated heterocycles. The maximum atomic E-state index is 13.7. The molecule has 1 unspecified atom stereocenters. The number of benzene rings is 1. The number of carbonyl (C=O) groups excluding carboxylic acids is 2. The summed E-state index contributed by atoms with van der Waals surface area (Å²) in [6, 6.07) is 7.76. The Morgan fingerprint density at radius 1 is 1.21 bits per heavy atom. The van der Waals surface area contributed by atoms with Crippen molar-refractivity contribution in [2.75, 3.05) is 33.3 Å². The third-order valence-electron chi connectivity index (χ3n) is 6.54.